The van der Waals surface area contributed by atoms with Gasteiger partial charge in [-0.2, -0.15) is 0 Å². The van der Waals surface area contributed by atoms with Gasteiger partial charge in [0.05, 0.1) is 17.6 Å². The summed E-state index contributed by atoms with van der Waals surface area (Å²) < 4.78 is 11.3. The van der Waals surface area contributed by atoms with Crippen molar-refractivity contribution in [1.82, 2.24) is 4.98 Å². The lowest BCUT2D eigenvalue weighted by Gasteiger charge is -2.24. The van der Waals surface area contributed by atoms with Gasteiger partial charge in [-0.25, -0.2) is 0 Å². The minimum atomic E-state index is -0.104. The van der Waals surface area contributed by atoms with Crippen molar-refractivity contribution < 1.29 is 14.3 Å². The lowest BCUT2D eigenvalue weighted by Crippen LogP contribution is -2.30. The molecule has 170 valence electrons. The molecule has 1 aliphatic heterocycles. The molecule has 0 aliphatic carbocycles. The molecule has 1 aliphatic rings. The van der Waals surface area contributed by atoms with Crippen LogP contribution in [0.25, 0.3) is 22.0 Å². The predicted molar refractivity (Wildman–Crippen MR) is 137 cm³/mol. The number of fused-ring (bicyclic) bond motifs is 2. The number of pyridine rings is 1. The number of nitrogens with zero attached hydrogens (tertiary/aromatic N) is 2. The molecule has 0 spiro atoms. The van der Waals surface area contributed by atoms with Crippen LogP contribution >= 0.6 is 0 Å². The molecule has 0 unspecified atom stereocenters. The van der Waals surface area contributed by atoms with Gasteiger partial charge in [0.1, 0.15) is 0 Å². The first-order valence-corrected chi connectivity index (χ1v) is 11.5. The second kappa shape index (κ2) is 8.95. The van der Waals surface area contributed by atoms with Gasteiger partial charge in [-0.1, -0.05) is 72.8 Å². The average Bonchev–Trinajstić information content (AvgIpc) is 3.42. The van der Waals surface area contributed by atoms with E-state index < -0.39 is 0 Å². The number of rotatable bonds is 5. The molecule has 5 nitrogen and oxygen atoms in total. The molecule has 1 amide bonds. The smallest absolute Gasteiger partial charge is 0.259 e. The largest absolute Gasteiger partial charge is 0.454 e. The summed E-state index contributed by atoms with van der Waals surface area (Å²) in [6, 6.07) is 33.5. The Morgan fingerprint density at radius 3 is 2.40 bits per heavy atom. The Morgan fingerprint density at radius 2 is 1.54 bits per heavy atom. The van der Waals surface area contributed by atoms with E-state index in [-0.39, 0.29) is 12.7 Å². The van der Waals surface area contributed by atoms with Gasteiger partial charge >= 0.3 is 0 Å². The number of benzene rings is 4. The van der Waals surface area contributed by atoms with Crippen LogP contribution in [0.5, 0.6) is 11.5 Å². The monoisotopic (exact) mass is 458 g/mol. The van der Waals surface area contributed by atoms with Crippen LogP contribution in [0, 0.1) is 0 Å². The molecule has 2 heterocycles. The summed E-state index contributed by atoms with van der Waals surface area (Å²) in [6.45, 7) is 0.522. The zero-order valence-electron chi connectivity index (χ0n) is 18.9. The van der Waals surface area contributed by atoms with Crippen LogP contribution in [-0.4, -0.2) is 17.7 Å². The Bertz CT molecular complexity index is 1510. The number of hydrogen-bond acceptors (Lipinski definition) is 4. The molecule has 5 aromatic rings. The number of carbonyl (C=O) groups is 1. The van der Waals surface area contributed by atoms with Gasteiger partial charge in [0.2, 0.25) is 6.79 Å². The third-order valence-electron chi connectivity index (χ3n) is 6.22. The van der Waals surface area contributed by atoms with Gasteiger partial charge in [-0.05, 0) is 41.5 Å². The highest BCUT2D eigenvalue weighted by Gasteiger charge is 2.24. The second-order valence-corrected chi connectivity index (χ2v) is 8.33. The highest BCUT2D eigenvalue weighted by Crippen LogP contribution is 2.37. The van der Waals surface area contributed by atoms with Crippen LogP contribution < -0.4 is 14.4 Å². The van der Waals surface area contributed by atoms with E-state index in [1.54, 1.807) is 17.2 Å². The molecule has 0 saturated carbocycles. The number of aromatic nitrogens is 1. The van der Waals surface area contributed by atoms with Gasteiger partial charge in [-0.3, -0.25) is 9.78 Å². The number of para-hydroxylation sites is 2. The van der Waals surface area contributed by atoms with Gasteiger partial charge in [0.25, 0.3) is 5.91 Å². The third kappa shape index (κ3) is 3.97. The number of amides is 1. The van der Waals surface area contributed by atoms with Crippen molar-refractivity contribution in [3.8, 4) is 22.6 Å². The first-order chi connectivity index (χ1) is 17.3. The van der Waals surface area contributed by atoms with Crippen LogP contribution in [0.1, 0.15) is 15.9 Å². The van der Waals surface area contributed by atoms with Gasteiger partial charge < -0.3 is 14.4 Å². The molecule has 0 saturated heterocycles. The van der Waals surface area contributed by atoms with E-state index in [2.05, 4.69) is 17.1 Å². The van der Waals surface area contributed by atoms with E-state index in [4.69, 9.17) is 9.47 Å². The summed E-state index contributed by atoms with van der Waals surface area (Å²) in [7, 11) is 0. The van der Waals surface area contributed by atoms with Crippen molar-refractivity contribution in [3.63, 3.8) is 0 Å². The first kappa shape index (κ1) is 20.9. The Morgan fingerprint density at radius 1 is 0.771 bits per heavy atom. The standard InChI is InChI=1S/C30H22N2O3/c33-30(26-17-18-31-27-11-5-4-10-25(26)27)32(19-23-9-6-12-28-29(23)35-20-34-28)24-15-13-22(14-16-24)21-7-2-1-3-8-21/h1-18H,19-20H2. The summed E-state index contributed by atoms with van der Waals surface area (Å²) in [4.78, 5) is 20.3. The summed E-state index contributed by atoms with van der Waals surface area (Å²) in [5, 5.41) is 0.823. The highest BCUT2D eigenvalue weighted by atomic mass is 16.7. The van der Waals surface area contributed by atoms with Crippen LogP contribution in [0.3, 0.4) is 0 Å². The van der Waals surface area contributed by atoms with Gasteiger partial charge in [0.15, 0.2) is 11.5 Å². The van der Waals surface area contributed by atoms with E-state index in [9.17, 15) is 4.79 Å². The second-order valence-electron chi connectivity index (χ2n) is 8.33. The van der Waals surface area contributed by atoms with Crippen molar-refractivity contribution in [2.45, 2.75) is 6.54 Å². The first-order valence-electron chi connectivity index (χ1n) is 11.5. The molecular formula is C30H22N2O3. The molecule has 5 heteroatoms. The third-order valence-corrected chi connectivity index (χ3v) is 6.22. The lowest BCUT2D eigenvalue weighted by molar-refractivity contribution is 0.0986. The summed E-state index contributed by atoms with van der Waals surface area (Å²) in [5.41, 5.74) is 5.30. The highest BCUT2D eigenvalue weighted by molar-refractivity contribution is 6.13. The van der Waals surface area contributed by atoms with Crippen molar-refractivity contribution in [3.05, 3.63) is 120 Å². The van der Waals surface area contributed by atoms with E-state index in [1.165, 1.54) is 0 Å². The predicted octanol–water partition coefficient (Wildman–Crippen LogP) is 6.48. The zero-order valence-corrected chi connectivity index (χ0v) is 18.9. The molecule has 35 heavy (non-hydrogen) atoms. The van der Waals surface area contributed by atoms with Crippen molar-refractivity contribution >= 4 is 22.5 Å². The summed E-state index contributed by atoms with van der Waals surface area (Å²) >= 11 is 0. The van der Waals surface area contributed by atoms with E-state index in [0.29, 0.717) is 23.6 Å². The fourth-order valence-corrected chi connectivity index (χ4v) is 4.46. The number of anilines is 1. The van der Waals surface area contributed by atoms with Crippen LogP contribution in [-0.2, 0) is 6.54 Å². The number of ether oxygens (including phenoxy) is 2. The van der Waals surface area contributed by atoms with Crippen LogP contribution in [0.4, 0.5) is 5.69 Å². The number of carbonyl (C=O) groups excluding carboxylic acids is 1. The van der Waals surface area contributed by atoms with Crippen molar-refractivity contribution in [2.24, 2.45) is 0 Å². The maximum absolute atomic E-state index is 14.0. The van der Waals surface area contributed by atoms with Gasteiger partial charge in [0, 0.05) is 22.8 Å². The molecule has 4 aromatic carbocycles. The molecule has 6 rings (SSSR count). The van der Waals surface area contributed by atoms with Crippen LogP contribution in [0.15, 0.2) is 109 Å². The van der Waals surface area contributed by atoms with E-state index >= 15 is 0 Å². The normalized spacial score (nSPS) is 12.0. The fraction of sp³-hybridized carbons (Fsp3) is 0.0667. The van der Waals surface area contributed by atoms with E-state index in [0.717, 1.165) is 33.3 Å². The molecule has 0 N–H and O–H groups in total. The quantitative estimate of drug-likeness (QED) is 0.303. The van der Waals surface area contributed by atoms with Crippen molar-refractivity contribution in [1.29, 1.82) is 0 Å². The Balaban J connectivity index is 1.43. The summed E-state index contributed by atoms with van der Waals surface area (Å²) in [5.74, 6) is 1.28. The SMILES string of the molecule is O=C(c1ccnc2ccccc12)N(Cc1cccc2c1OCO2)c1ccc(-c2ccccc2)cc1. The average molecular weight is 459 g/mol. The van der Waals surface area contributed by atoms with E-state index in [1.807, 2.05) is 84.9 Å². The molecule has 0 atom stereocenters. The molecule has 0 fully saturated rings. The molecular weight excluding hydrogens is 436 g/mol. The Hall–Kier alpha value is -4.64. The topological polar surface area (TPSA) is 51.7 Å². The zero-order chi connectivity index (χ0) is 23.6. The number of hydrogen-bond donors (Lipinski definition) is 0. The maximum Gasteiger partial charge on any atom is 0.259 e. The Labute approximate surface area is 203 Å². The minimum absolute atomic E-state index is 0.104. The van der Waals surface area contributed by atoms with Gasteiger partial charge in [-0.15, -0.1) is 0 Å². The fourth-order valence-electron chi connectivity index (χ4n) is 4.46. The minimum Gasteiger partial charge on any atom is -0.454 e. The molecule has 0 bridgehead atoms. The Kier molecular flexibility index (Phi) is 5.35. The summed E-state index contributed by atoms with van der Waals surface area (Å²) in [6.07, 6.45) is 1.68. The lowest BCUT2D eigenvalue weighted by atomic mass is 10.0. The maximum atomic E-state index is 14.0. The molecule has 0 radical (unpaired) electrons. The van der Waals surface area contributed by atoms with Crippen molar-refractivity contribution in [2.75, 3.05) is 11.7 Å². The van der Waals surface area contributed by atoms with Crippen LogP contribution in [0.2, 0.25) is 0 Å². The molecule has 1 aromatic heterocycles.